The fraction of sp³-hybridized carbons (Fsp3) is 0.320. The van der Waals surface area contributed by atoms with Gasteiger partial charge in [-0.15, -0.1) is 11.3 Å². The number of carbonyl (C=O) groups is 3. The van der Waals surface area contributed by atoms with Crippen molar-refractivity contribution in [2.24, 2.45) is 0 Å². The van der Waals surface area contributed by atoms with Gasteiger partial charge in [0.05, 0.1) is 46.1 Å². The van der Waals surface area contributed by atoms with Gasteiger partial charge in [-0.1, -0.05) is 23.5 Å². The Labute approximate surface area is 216 Å². The van der Waals surface area contributed by atoms with Gasteiger partial charge in [0.25, 0.3) is 5.91 Å². The number of esters is 1. The molecule has 1 amide bonds. The average molecular weight is 528 g/mol. The summed E-state index contributed by atoms with van der Waals surface area (Å²) in [6, 6.07) is 5.97. The maximum atomic E-state index is 13.7. The van der Waals surface area contributed by atoms with Gasteiger partial charge in [0.1, 0.15) is 10.6 Å². The molecule has 0 radical (unpaired) electrons. The molecule has 1 atom stereocenters. The minimum Gasteiger partial charge on any atom is -0.503 e. The van der Waals surface area contributed by atoms with E-state index in [0.29, 0.717) is 39.2 Å². The third-order valence-corrected chi connectivity index (χ3v) is 7.73. The highest BCUT2D eigenvalue weighted by atomic mass is 32.1. The number of hydrogen-bond donors (Lipinski definition) is 1. The van der Waals surface area contributed by atoms with Crippen LogP contribution in [0.5, 0.6) is 5.75 Å². The largest absolute Gasteiger partial charge is 0.503 e. The molecule has 3 heterocycles. The second-order valence-corrected chi connectivity index (χ2v) is 10.1. The van der Waals surface area contributed by atoms with E-state index < -0.39 is 29.5 Å². The summed E-state index contributed by atoms with van der Waals surface area (Å²) in [5.74, 6) is -1.84. The van der Waals surface area contributed by atoms with E-state index in [1.54, 1.807) is 52.0 Å². The van der Waals surface area contributed by atoms with E-state index in [9.17, 15) is 19.5 Å². The summed E-state index contributed by atoms with van der Waals surface area (Å²) in [6.07, 6.45) is 0. The van der Waals surface area contributed by atoms with Crippen LogP contribution in [0.25, 0.3) is 0 Å². The quantitative estimate of drug-likeness (QED) is 0.325. The lowest BCUT2D eigenvalue weighted by Gasteiger charge is -2.24. The Morgan fingerprint density at radius 3 is 2.25 bits per heavy atom. The van der Waals surface area contributed by atoms with Crippen LogP contribution in [0.15, 0.2) is 35.6 Å². The lowest BCUT2D eigenvalue weighted by molar-refractivity contribution is -0.117. The molecule has 0 fully saturated rings. The second-order valence-electron chi connectivity index (χ2n) is 7.95. The van der Waals surface area contributed by atoms with Crippen LogP contribution in [0.3, 0.4) is 0 Å². The summed E-state index contributed by atoms with van der Waals surface area (Å²) in [6.45, 7) is 9.38. The van der Waals surface area contributed by atoms with Gasteiger partial charge in [-0.3, -0.25) is 14.5 Å². The number of anilines is 1. The zero-order valence-corrected chi connectivity index (χ0v) is 22.1. The lowest BCUT2D eigenvalue weighted by atomic mass is 9.95. The average Bonchev–Trinajstić information content (AvgIpc) is 3.47. The molecule has 0 saturated carbocycles. The first kappa shape index (κ1) is 25.5. The standard InChI is InChI=1S/C25H25N3O6S2/c1-6-33-16-10-8-15(9-11-16)18-17(19(29)21-12(3)26-14(5)35-21)20(30)23(31)28(18)25-27-13(4)22(36-25)24(32)34-7-2/h8-11,18,30H,6-7H2,1-5H3. The number of benzene rings is 1. The number of aliphatic hydroxyl groups is 1. The summed E-state index contributed by atoms with van der Waals surface area (Å²) < 4.78 is 10.6. The molecule has 1 unspecified atom stereocenters. The topological polar surface area (TPSA) is 119 Å². The summed E-state index contributed by atoms with van der Waals surface area (Å²) in [5.41, 5.74) is 1.42. The molecule has 1 aliphatic rings. The molecule has 2 aromatic heterocycles. The van der Waals surface area contributed by atoms with Gasteiger partial charge in [0.2, 0.25) is 5.78 Å². The third-order valence-electron chi connectivity index (χ3n) is 5.52. The fourth-order valence-corrected chi connectivity index (χ4v) is 5.86. The van der Waals surface area contributed by atoms with Crippen LogP contribution < -0.4 is 9.64 Å². The number of aromatic nitrogens is 2. The number of amides is 1. The molecular weight excluding hydrogens is 502 g/mol. The Bertz CT molecular complexity index is 1370. The highest BCUT2D eigenvalue weighted by Crippen LogP contribution is 2.44. The smallest absolute Gasteiger partial charge is 0.350 e. The van der Waals surface area contributed by atoms with Gasteiger partial charge in [-0.25, -0.2) is 14.8 Å². The molecule has 188 valence electrons. The van der Waals surface area contributed by atoms with Crippen molar-refractivity contribution in [2.75, 3.05) is 18.1 Å². The van der Waals surface area contributed by atoms with E-state index >= 15 is 0 Å². The molecule has 9 nitrogen and oxygen atoms in total. The molecule has 36 heavy (non-hydrogen) atoms. The summed E-state index contributed by atoms with van der Waals surface area (Å²) in [4.78, 5) is 50.1. The van der Waals surface area contributed by atoms with Gasteiger partial charge in [0.15, 0.2) is 10.9 Å². The Hall–Kier alpha value is -3.57. The molecule has 0 spiro atoms. The van der Waals surface area contributed by atoms with Crippen molar-refractivity contribution >= 4 is 45.5 Å². The molecule has 1 N–H and O–H groups in total. The number of thiazole rings is 2. The van der Waals surface area contributed by atoms with Crippen molar-refractivity contribution < 1.29 is 29.0 Å². The molecule has 11 heteroatoms. The number of aryl methyl sites for hydroxylation is 3. The van der Waals surface area contributed by atoms with E-state index in [1.807, 2.05) is 6.92 Å². The molecule has 1 aliphatic heterocycles. The van der Waals surface area contributed by atoms with Gasteiger partial charge in [0, 0.05) is 0 Å². The Kier molecular flexibility index (Phi) is 7.23. The van der Waals surface area contributed by atoms with Crippen LogP contribution >= 0.6 is 22.7 Å². The van der Waals surface area contributed by atoms with Crippen molar-refractivity contribution in [3.63, 3.8) is 0 Å². The first-order valence-electron chi connectivity index (χ1n) is 11.3. The van der Waals surface area contributed by atoms with Gasteiger partial charge in [-0.05, 0) is 52.3 Å². The van der Waals surface area contributed by atoms with Crippen LogP contribution in [0, 0.1) is 20.8 Å². The number of rotatable bonds is 8. The maximum Gasteiger partial charge on any atom is 0.350 e. The van der Waals surface area contributed by atoms with Crippen LogP contribution in [-0.4, -0.2) is 45.9 Å². The maximum absolute atomic E-state index is 13.7. The number of ketones is 1. The second kappa shape index (κ2) is 10.2. The van der Waals surface area contributed by atoms with Crippen LogP contribution in [-0.2, 0) is 9.53 Å². The Morgan fingerprint density at radius 1 is 1.00 bits per heavy atom. The number of aliphatic hydroxyl groups excluding tert-OH is 1. The van der Waals surface area contributed by atoms with Crippen LogP contribution in [0.2, 0.25) is 0 Å². The zero-order chi connectivity index (χ0) is 26.1. The van der Waals surface area contributed by atoms with E-state index in [1.165, 1.54) is 16.2 Å². The summed E-state index contributed by atoms with van der Waals surface area (Å²) >= 11 is 2.17. The Morgan fingerprint density at radius 2 is 1.67 bits per heavy atom. The van der Waals surface area contributed by atoms with Crippen molar-refractivity contribution in [1.29, 1.82) is 0 Å². The molecule has 4 rings (SSSR count). The molecule has 0 aliphatic carbocycles. The monoisotopic (exact) mass is 527 g/mol. The van der Waals surface area contributed by atoms with E-state index in [2.05, 4.69) is 9.97 Å². The highest BCUT2D eigenvalue weighted by molar-refractivity contribution is 7.17. The SMILES string of the molecule is CCOC(=O)c1sc(N2C(=O)C(O)=C(C(=O)c3sc(C)nc3C)C2c2ccc(OCC)cc2)nc1C. The van der Waals surface area contributed by atoms with Crippen molar-refractivity contribution in [3.05, 3.63) is 67.3 Å². The predicted octanol–water partition coefficient (Wildman–Crippen LogP) is 4.88. The number of hydrogen-bond acceptors (Lipinski definition) is 10. The van der Waals surface area contributed by atoms with Gasteiger partial charge >= 0.3 is 5.97 Å². The minimum absolute atomic E-state index is 0.0681. The van der Waals surface area contributed by atoms with Gasteiger partial charge < -0.3 is 14.6 Å². The lowest BCUT2D eigenvalue weighted by Crippen LogP contribution is -2.31. The normalized spacial score (nSPS) is 15.5. The number of ether oxygens (including phenoxy) is 2. The van der Waals surface area contributed by atoms with Crippen LogP contribution in [0.1, 0.15) is 61.2 Å². The minimum atomic E-state index is -0.969. The zero-order valence-electron chi connectivity index (χ0n) is 20.4. The number of Topliss-reactive ketones (excluding diaryl/α,β-unsaturated/α-hetero) is 1. The van der Waals surface area contributed by atoms with Gasteiger partial charge in [-0.2, -0.15) is 0 Å². The highest BCUT2D eigenvalue weighted by Gasteiger charge is 2.46. The number of nitrogens with zero attached hydrogens (tertiary/aromatic N) is 3. The summed E-state index contributed by atoms with van der Waals surface area (Å²) in [5, 5.41) is 11.8. The van der Waals surface area contributed by atoms with Crippen molar-refractivity contribution in [2.45, 2.75) is 40.7 Å². The van der Waals surface area contributed by atoms with E-state index in [0.717, 1.165) is 11.3 Å². The predicted molar refractivity (Wildman–Crippen MR) is 136 cm³/mol. The van der Waals surface area contributed by atoms with Crippen molar-refractivity contribution in [1.82, 2.24) is 9.97 Å². The molecule has 0 saturated heterocycles. The van der Waals surface area contributed by atoms with E-state index in [4.69, 9.17) is 9.47 Å². The van der Waals surface area contributed by atoms with E-state index in [-0.39, 0.29) is 22.2 Å². The fourth-order valence-electron chi connectivity index (χ4n) is 4.00. The summed E-state index contributed by atoms with van der Waals surface area (Å²) in [7, 11) is 0. The first-order valence-corrected chi connectivity index (χ1v) is 12.9. The third kappa shape index (κ3) is 4.51. The molecule has 0 bridgehead atoms. The molecule has 1 aromatic carbocycles. The Balaban J connectivity index is 1.85. The number of carbonyl (C=O) groups excluding carboxylic acids is 3. The molecular formula is C25H25N3O6S2. The molecule has 3 aromatic rings. The van der Waals surface area contributed by atoms with Crippen molar-refractivity contribution in [3.8, 4) is 5.75 Å². The first-order chi connectivity index (χ1) is 17.2. The van der Waals surface area contributed by atoms with Crippen LogP contribution in [0.4, 0.5) is 5.13 Å².